The Hall–Kier alpha value is -1.71. The van der Waals surface area contributed by atoms with Gasteiger partial charge in [0, 0.05) is 17.8 Å². The molecule has 1 rings (SSSR count). The van der Waals surface area contributed by atoms with E-state index in [-0.39, 0.29) is 11.9 Å². The first kappa shape index (κ1) is 11.4. The number of nitrogens with two attached hydrogens (primary N) is 1. The van der Waals surface area contributed by atoms with Crippen LogP contribution in [0.5, 0.6) is 5.75 Å². The summed E-state index contributed by atoms with van der Waals surface area (Å²) < 4.78 is 5.09. The van der Waals surface area contributed by atoms with Gasteiger partial charge in [0.05, 0.1) is 12.7 Å². The third-order valence-electron chi connectivity index (χ3n) is 1.89. The fourth-order valence-electron chi connectivity index (χ4n) is 1.24. The topological polar surface area (TPSA) is 64.3 Å². The molecule has 1 aromatic rings. The van der Waals surface area contributed by atoms with Crippen LogP contribution in [0.15, 0.2) is 18.2 Å². The highest BCUT2D eigenvalue weighted by Crippen LogP contribution is 2.21. The van der Waals surface area contributed by atoms with Crippen molar-refractivity contribution in [2.24, 2.45) is 0 Å². The van der Waals surface area contributed by atoms with Crippen molar-refractivity contribution in [1.29, 1.82) is 0 Å². The zero-order valence-corrected chi connectivity index (χ0v) is 9.20. The Morgan fingerprint density at radius 1 is 1.47 bits per heavy atom. The summed E-state index contributed by atoms with van der Waals surface area (Å²) in [6, 6.07) is 5.07. The van der Waals surface area contributed by atoms with Gasteiger partial charge in [-0.3, -0.25) is 4.79 Å². The first-order valence-corrected chi connectivity index (χ1v) is 4.79. The van der Waals surface area contributed by atoms with Crippen LogP contribution in [0.3, 0.4) is 0 Å². The van der Waals surface area contributed by atoms with Gasteiger partial charge in [-0.2, -0.15) is 0 Å². The number of amides is 1. The normalized spacial score (nSPS) is 10.1. The maximum Gasteiger partial charge on any atom is 0.255 e. The number of hydrogen-bond donors (Lipinski definition) is 2. The first-order chi connectivity index (χ1) is 7.04. The number of nitrogen functional groups attached to an aromatic ring is 1. The number of carbonyl (C=O) groups excluding carboxylic acids is 1. The monoisotopic (exact) mass is 208 g/mol. The average molecular weight is 208 g/mol. The molecule has 0 atom stereocenters. The van der Waals surface area contributed by atoms with Crippen molar-refractivity contribution < 1.29 is 9.53 Å². The quantitative estimate of drug-likeness (QED) is 0.738. The summed E-state index contributed by atoms with van der Waals surface area (Å²) >= 11 is 0. The largest absolute Gasteiger partial charge is 0.496 e. The number of benzene rings is 1. The van der Waals surface area contributed by atoms with Crippen molar-refractivity contribution in [3.05, 3.63) is 23.8 Å². The molecule has 0 radical (unpaired) electrons. The van der Waals surface area contributed by atoms with Gasteiger partial charge in [0.2, 0.25) is 0 Å². The fraction of sp³-hybridized carbons (Fsp3) is 0.364. The molecule has 0 saturated carbocycles. The molecular weight excluding hydrogens is 192 g/mol. The highest BCUT2D eigenvalue weighted by atomic mass is 16.5. The molecule has 0 aliphatic carbocycles. The zero-order valence-electron chi connectivity index (χ0n) is 9.20. The smallest absolute Gasteiger partial charge is 0.255 e. The number of rotatable bonds is 3. The third kappa shape index (κ3) is 2.87. The standard InChI is InChI=1S/C11H16N2O2/c1-7(2)13-11(14)9-5-4-8(12)6-10(9)15-3/h4-7H,12H2,1-3H3,(H,13,14). The number of ether oxygens (including phenoxy) is 1. The summed E-state index contributed by atoms with van der Waals surface area (Å²) in [4.78, 5) is 11.7. The third-order valence-corrected chi connectivity index (χ3v) is 1.89. The maximum absolute atomic E-state index is 11.7. The highest BCUT2D eigenvalue weighted by molar-refractivity contribution is 5.97. The summed E-state index contributed by atoms with van der Waals surface area (Å²) in [5.41, 5.74) is 6.67. The van der Waals surface area contributed by atoms with Crippen LogP contribution in [0.4, 0.5) is 5.69 Å². The Kier molecular flexibility index (Phi) is 3.55. The van der Waals surface area contributed by atoms with E-state index in [0.717, 1.165) is 0 Å². The fourth-order valence-corrected chi connectivity index (χ4v) is 1.24. The molecule has 3 N–H and O–H groups in total. The van der Waals surface area contributed by atoms with Crippen molar-refractivity contribution in [3.8, 4) is 5.75 Å². The number of nitrogens with one attached hydrogen (secondary N) is 1. The van der Waals surface area contributed by atoms with Gasteiger partial charge in [0.15, 0.2) is 0 Å². The molecule has 0 aliphatic heterocycles. The average Bonchev–Trinajstić information content (AvgIpc) is 2.16. The minimum atomic E-state index is -0.151. The molecule has 0 aromatic heterocycles. The van der Waals surface area contributed by atoms with Crippen LogP contribution in [0.1, 0.15) is 24.2 Å². The van der Waals surface area contributed by atoms with Crippen molar-refractivity contribution >= 4 is 11.6 Å². The van der Waals surface area contributed by atoms with Crippen LogP contribution in [0.25, 0.3) is 0 Å². The summed E-state index contributed by atoms with van der Waals surface area (Å²) in [6.45, 7) is 3.81. The van der Waals surface area contributed by atoms with Crippen LogP contribution in [0.2, 0.25) is 0 Å². The second-order valence-corrected chi connectivity index (χ2v) is 3.59. The molecule has 0 bridgehead atoms. The van der Waals surface area contributed by atoms with Crippen molar-refractivity contribution in [3.63, 3.8) is 0 Å². The van der Waals surface area contributed by atoms with E-state index < -0.39 is 0 Å². The van der Waals surface area contributed by atoms with Crippen LogP contribution in [-0.4, -0.2) is 19.1 Å². The van der Waals surface area contributed by atoms with Gasteiger partial charge in [-0.05, 0) is 26.0 Å². The lowest BCUT2D eigenvalue weighted by molar-refractivity contribution is 0.0940. The van der Waals surface area contributed by atoms with E-state index in [4.69, 9.17) is 10.5 Å². The summed E-state index contributed by atoms with van der Waals surface area (Å²) in [5.74, 6) is 0.343. The van der Waals surface area contributed by atoms with E-state index >= 15 is 0 Å². The van der Waals surface area contributed by atoms with Crippen molar-refractivity contribution in [2.45, 2.75) is 19.9 Å². The van der Waals surface area contributed by atoms with Gasteiger partial charge in [0.25, 0.3) is 5.91 Å². The van der Waals surface area contributed by atoms with Crippen molar-refractivity contribution in [2.75, 3.05) is 12.8 Å². The summed E-state index contributed by atoms with van der Waals surface area (Å²) in [6.07, 6.45) is 0. The van der Waals surface area contributed by atoms with Crippen LogP contribution in [0, 0.1) is 0 Å². The lowest BCUT2D eigenvalue weighted by Gasteiger charge is -2.11. The van der Waals surface area contributed by atoms with E-state index in [1.54, 1.807) is 18.2 Å². The molecule has 0 fully saturated rings. The van der Waals surface area contributed by atoms with Gasteiger partial charge in [0.1, 0.15) is 5.75 Å². The number of anilines is 1. The predicted octanol–water partition coefficient (Wildman–Crippen LogP) is 1.42. The van der Waals surface area contributed by atoms with Crippen LogP contribution < -0.4 is 15.8 Å². The second-order valence-electron chi connectivity index (χ2n) is 3.59. The molecule has 0 unspecified atom stereocenters. The molecule has 0 saturated heterocycles. The predicted molar refractivity (Wildman–Crippen MR) is 60.0 cm³/mol. The Labute approximate surface area is 89.4 Å². The molecule has 1 amide bonds. The molecule has 0 heterocycles. The van der Waals surface area contributed by atoms with E-state index in [2.05, 4.69) is 5.32 Å². The Morgan fingerprint density at radius 3 is 2.67 bits per heavy atom. The Balaban J connectivity index is 2.97. The van der Waals surface area contributed by atoms with Gasteiger partial charge >= 0.3 is 0 Å². The van der Waals surface area contributed by atoms with Gasteiger partial charge in [-0.25, -0.2) is 0 Å². The molecule has 82 valence electrons. The van der Waals surface area contributed by atoms with Gasteiger partial charge in [-0.15, -0.1) is 0 Å². The molecular formula is C11H16N2O2. The van der Waals surface area contributed by atoms with Gasteiger partial charge < -0.3 is 15.8 Å². The molecule has 0 spiro atoms. The first-order valence-electron chi connectivity index (χ1n) is 4.79. The Bertz CT molecular complexity index is 362. The highest BCUT2D eigenvalue weighted by Gasteiger charge is 2.12. The molecule has 4 nitrogen and oxygen atoms in total. The van der Waals surface area contributed by atoms with E-state index in [1.807, 2.05) is 13.8 Å². The van der Waals surface area contributed by atoms with Crippen LogP contribution in [-0.2, 0) is 0 Å². The van der Waals surface area contributed by atoms with Crippen LogP contribution >= 0.6 is 0 Å². The Morgan fingerprint density at radius 2 is 2.13 bits per heavy atom. The lowest BCUT2D eigenvalue weighted by atomic mass is 10.1. The summed E-state index contributed by atoms with van der Waals surface area (Å²) in [5, 5.41) is 2.79. The minimum Gasteiger partial charge on any atom is -0.496 e. The second kappa shape index (κ2) is 4.68. The van der Waals surface area contributed by atoms with E-state index in [0.29, 0.717) is 17.0 Å². The molecule has 4 heteroatoms. The lowest BCUT2D eigenvalue weighted by Crippen LogP contribution is -2.30. The van der Waals surface area contributed by atoms with Crippen molar-refractivity contribution in [1.82, 2.24) is 5.32 Å². The number of carbonyl (C=O) groups is 1. The molecule has 1 aromatic carbocycles. The molecule has 15 heavy (non-hydrogen) atoms. The number of methoxy groups -OCH3 is 1. The molecule has 0 aliphatic rings. The maximum atomic E-state index is 11.7. The van der Waals surface area contributed by atoms with E-state index in [9.17, 15) is 4.79 Å². The van der Waals surface area contributed by atoms with E-state index in [1.165, 1.54) is 7.11 Å². The SMILES string of the molecule is COc1cc(N)ccc1C(=O)NC(C)C. The minimum absolute atomic E-state index is 0.0970. The summed E-state index contributed by atoms with van der Waals surface area (Å²) in [7, 11) is 1.51. The van der Waals surface area contributed by atoms with Gasteiger partial charge in [-0.1, -0.05) is 0 Å². The zero-order chi connectivity index (χ0) is 11.4. The number of hydrogen-bond acceptors (Lipinski definition) is 3.